The van der Waals surface area contributed by atoms with E-state index in [4.69, 9.17) is 23.7 Å². The Hall–Kier alpha value is -2.78. The van der Waals surface area contributed by atoms with Crippen LogP contribution in [0.25, 0.3) is 0 Å². The molecule has 4 aliphatic rings. The Labute approximate surface area is 198 Å². The third-order valence-corrected chi connectivity index (χ3v) is 6.65. The smallest absolute Gasteiger partial charge is 0.303 e. The zero-order valence-corrected chi connectivity index (χ0v) is 19.2. The molecule has 1 saturated carbocycles. The minimum atomic E-state index is -0.900. The molecule has 1 aliphatic carbocycles. The SMILES string of the molecule is CC(=O)N[C@]12C[C@H]3O[C@H](O[C@H]([C@@H]3OC(C)=O)[C@H]1OCc1ccccc1)[C@H]2OCc1ccccc1. The van der Waals surface area contributed by atoms with E-state index in [1.54, 1.807) is 0 Å². The van der Waals surface area contributed by atoms with Crippen molar-refractivity contribution >= 4 is 11.9 Å². The lowest BCUT2D eigenvalue weighted by molar-refractivity contribution is -0.410. The van der Waals surface area contributed by atoms with Crippen molar-refractivity contribution in [2.24, 2.45) is 0 Å². The van der Waals surface area contributed by atoms with Crippen LogP contribution in [0, 0.1) is 0 Å². The van der Waals surface area contributed by atoms with Crippen LogP contribution in [0.3, 0.4) is 0 Å². The van der Waals surface area contributed by atoms with E-state index < -0.39 is 48.3 Å². The van der Waals surface area contributed by atoms with E-state index in [0.717, 1.165) is 11.1 Å². The summed E-state index contributed by atoms with van der Waals surface area (Å²) in [5.41, 5.74) is 1.08. The van der Waals surface area contributed by atoms with Crippen molar-refractivity contribution in [1.29, 1.82) is 0 Å². The standard InChI is InChI=1S/C26H29NO7/c1-16(28)27-26-13-20-21(32-17(2)29)22(23(26)30-14-18-9-5-3-6-10-18)34-25(33-20)24(26)31-15-19-11-7-4-8-12-19/h3-12,20-25H,13-15H2,1-2H3,(H,27,28)/t20-,21-,22-,23-,24-,25-,26-/m1/s1. The average Bonchev–Trinajstić information content (AvgIpc) is 2.81. The van der Waals surface area contributed by atoms with Gasteiger partial charge in [0.1, 0.15) is 30.0 Å². The highest BCUT2D eigenvalue weighted by atomic mass is 16.7. The number of ether oxygens (including phenoxy) is 5. The van der Waals surface area contributed by atoms with Gasteiger partial charge in [0.2, 0.25) is 5.91 Å². The first kappa shape index (κ1) is 23.0. The molecule has 3 aliphatic heterocycles. The lowest BCUT2D eigenvalue weighted by Gasteiger charge is -2.64. The molecule has 4 bridgehead atoms. The van der Waals surface area contributed by atoms with Gasteiger partial charge in [0.15, 0.2) is 12.4 Å². The molecule has 2 aromatic carbocycles. The van der Waals surface area contributed by atoms with Gasteiger partial charge in [-0.1, -0.05) is 60.7 Å². The van der Waals surface area contributed by atoms with Crippen molar-refractivity contribution in [3.8, 4) is 0 Å². The summed E-state index contributed by atoms with van der Waals surface area (Å²) in [7, 11) is 0. The van der Waals surface area contributed by atoms with Crippen LogP contribution in [0.5, 0.6) is 0 Å². The van der Waals surface area contributed by atoms with Gasteiger partial charge in [0.05, 0.1) is 13.2 Å². The summed E-state index contributed by atoms with van der Waals surface area (Å²) in [6.45, 7) is 3.47. The molecule has 0 radical (unpaired) electrons. The highest BCUT2D eigenvalue weighted by Gasteiger charge is 2.70. The lowest BCUT2D eigenvalue weighted by Crippen LogP contribution is -2.84. The summed E-state index contributed by atoms with van der Waals surface area (Å²) in [6, 6.07) is 19.6. The molecule has 0 unspecified atom stereocenters. The number of benzene rings is 2. The quantitative estimate of drug-likeness (QED) is 0.597. The van der Waals surface area contributed by atoms with E-state index in [2.05, 4.69) is 5.32 Å². The van der Waals surface area contributed by atoms with E-state index in [-0.39, 0.29) is 5.91 Å². The van der Waals surface area contributed by atoms with Gasteiger partial charge in [-0.2, -0.15) is 0 Å². The van der Waals surface area contributed by atoms with Crippen LogP contribution in [0.4, 0.5) is 0 Å². The second-order valence-electron chi connectivity index (χ2n) is 9.08. The fourth-order valence-electron chi connectivity index (χ4n) is 5.39. The highest BCUT2D eigenvalue weighted by molar-refractivity contribution is 5.74. The molecule has 3 heterocycles. The molecule has 1 N–H and O–H groups in total. The number of rotatable bonds is 8. The Bertz CT molecular complexity index is 1020. The Morgan fingerprint density at radius 2 is 1.50 bits per heavy atom. The van der Waals surface area contributed by atoms with E-state index in [1.165, 1.54) is 13.8 Å². The number of carbonyl (C=O) groups excluding carboxylic acids is 2. The number of nitrogens with one attached hydrogen (secondary N) is 1. The Balaban J connectivity index is 1.47. The van der Waals surface area contributed by atoms with E-state index >= 15 is 0 Å². The minimum Gasteiger partial charge on any atom is -0.457 e. The van der Waals surface area contributed by atoms with Gasteiger partial charge in [0.25, 0.3) is 0 Å². The summed E-state index contributed by atoms with van der Waals surface area (Å²) in [6.07, 6.45) is -3.24. The molecule has 3 saturated heterocycles. The molecule has 0 spiro atoms. The zero-order chi connectivity index (χ0) is 23.7. The third kappa shape index (κ3) is 4.34. The lowest BCUT2D eigenvalue weighted by atomic mass is 9.67. The van der Waals surface area contributed by atoms with Gasteiger partial charge in [-0.3, -0.25) is 9.59 Å². The van der Waals surface area contributed by atoms with Gasteiger partial charge in [0, 0.05) is 20.3 Å². The van der Waals surface area contributed by atoms with E-state index in [9.17, 15) is 9.59 Å². The first-order valence-electron chi connectivity index (χ1n) is 11.5. The van der Waals surface area contributed by atoms with Crippen molar-refractivity contribution in [1.82, 2.24) is 5.32 Å². The maximum absolute atomic E-state index is 12.4. The van der Waals surface area contributed by atoms with E-state index in [0.29, 0.717) is 19.6 Å². The monoisotopic (exact) mass is 467 g/mol. The van der Waals surface area contributed by atoms with Crippen molar-refractivity contribution in [3.05, 3.63) is 71.8 Å². The van der Waals surface area contributed by atoms with Gasteiger partial charge in [-0.25, -0.2) is 0 Å². The van der Waals surface area contributed by atoms with Crippen LogP contribution in [-0.4, -0.2) is 54.2 Å². The van der Waals surface area contributed by atoms with Crippen LogP contribution in [0.1, 0.15) is 31.4 Å². The topological polar surface area (TPSA) is 92.3 Å². The summed E-state index contributed by atoms with van der Waals surface area (Å²) >= 11 is 0. The Morgan fingerprint density at radius 3 is 2.06 bits per heavy atom. The molecule has 0 aromatic heterocycles. The first-order chi connectivity index (χ1) is 16.5. The maximum Gasteiger partial charge on any atom is 0.303 e. The first-order valence-corrected chi connectivity index (χ1v) is 11.5. The number of hydrogen-bond acceptors (Lipinski definition) is 7. The van der Waals surface area contributed by atoms with Crippen molar-refractivity contribution in [3.63, 3.8) is 0 Å². The van der Waals surface area contributed by atoms with Gasteiger partial charge < -0.3 is 29.0 Å². The van der Waals surface area contributed by atoms with Crippen LogP contribution in [0.15, 0.2) is 60.7 Å². The summed E-state index contributed by atoms with van der Waals surface area (Å²) in [4.78, 5) is 24.3. The largest absolute Gasteiger partial charge is 0.457 e. The molecule has 1 amide bonds. The van der Waals surface area contributed by atoms with Gasteiger partial charge >= 0.3 is 5.97 Å². The van der Waals surface area contributed by atoms with Crippen LogP contribution >= 0.6 is 0 Å². The molecular weight excluding hydrogens is 438 g/mol. The molecule has 180 valence electrons. The molecule has 8 heteroatoms. The fraction of sp³-hybridized carbons (Fsp3) is 0.462. The number of hydrogen-bond donors (Lipinski definition) is 1. The molecule has 8 nitrogen and oxygen atoms in total. The normalized spacial score (nSPS) is 33.5. The zero-order valence-electron chi connectivity index (χ0n) is 19.2. The predicted octanol–water partition coefficient (Wildman–Crippen LogP) is 2.49. The average molecular weight is 468 g/mol. The summed E-state index contributed by atoms with van der Waals surface area (Å²) in [5, 5.41) is 3.14. The molecule has 6 rings (SSSR count). The van der Waals surface area contributed by atoms with Crippen molar-refractivity contribution < 1.29 is 33.3 Å². The third-order valence-electron chi connectivity index (χ3n) is 6.65. The minimum absolute atomic E-state index is 0.201. The Kier molecular flexibility index (Phi) is 6.40. The number of esters is 1. The fourth-order valence-corrected chi connectivity index (χ4v) is 5.39. The second-order valence-corrected chi connectivity index (χ2v) is 9.08. The predicted molar refractivity (Wildman–Crippen MR) is 120 cm³/mol. The number of amides is 1. The molecular formula is C26H29NO7. The van der Waals surface area contributed by atoms with Gasteiger partial charge in [-0.05, 0) is 11.1 Å². The van der Waals surface area contributed by atoms with Crippen molar-refractivity contribution in [2.75, 3.05) is 0 Å². The second kappa shape index (κ2) is 9.46. The molecule has 4 fully saturated rings. The summed E-state index contributed by atoms with van der Waals surface area (Å²) < 4.78 is 30.8. The molecule has 34 heavy (non-hydrogen) atoms. The molecule has 7 atom stereocenters. The molecule has 2 aromatic rings. The van der Waals surface area contributed by atoms with Crippen LogP contribution in [0.2, 0.25) is 0 Å². The van der Waals surface area contributed by atoms with Crippen LogP contribution in [-0.2, 0) is 46.5 Å². The van der Waals surface area contributed by atoms with Crippen molar-refractivity contribution in [2.45, 2.75) is 75.8 Å². The van der Waals surface area contributed by atoms with Gasteiger partial charge in [-0.15, -0.1) is 0 Å². The Morgan fingerprint density at radius 1 is 0.912 bits per heavy atom. The maximum atomic E-state index is 12.4. The highest BCUT2D eigenvalue weighted by Crippen LogP contribution is 2.50. The number of carbonyl (C=O) groups is 2. The van der Waals surface area contributed by atoms with E-state index in [1.807, 2.05) is 60.7 Å². The summed E-state index contributed by atoms with van der Waals surface area (Å²) in [5.74, 6) is -0.621. The van der Waals surface area contributed by atoms with Crippen LogP contribution < -0.4 is 5.32 Å².